The van der Waals surface area contributed by atoms with Crippen molar-refractivity contribution in [3.05, 3.63) is 64.8 Å². The third-order valence-electron chi connectivity index (χ3n) is 5.66. The first-order chi connectivity index (χ1) is 14.6. The molecule has 1 N–H and O–H groups in total. The van der Waals surface area contributed by atoms with E-state index in [4.69, 9.17) is 14.2 Å². The van der Waals surface area contributed by atoms with Gasteiger partial charge in [-0.15, -0.1) is 0 Å². The second kappa shape index (κ2) is 9.35. The molecule has 0 radical (unpaired) electrons. The van der Waals surface area contributed by atoms with Crippen LogP contribution in [0.2, 0.25) is 0 Å². The number of carbonyl (C=O) groups excluding carboxylic acids is 1. The molecule has 5 heteroatoms. The summed E-state index contributed by atoms with van der Waals surface area (Å²) in [7, 11) is 0. The van der Waals surface area contributed by atoms with Crippen molar-refractivity contribution in [1.29, 1.82) is 0 Å². The molecule has 30 heavy (non-hydrogen) atoms. The van der Waals surface area contributed by atoms with E-state index < -0.39 is 0 Å². The summed E-state index contributed by atoms with van der Waals surface area (Å²) in [6, 6.07) is 14.7. The molecule has 0 bridgehead atoms. The van der Waals surface area contributed by atoms with Crippen LogP contribution in [0, 0.1) is 6.92 Å². The first kappa shape index (κ1) is 20.5. The topological polar surface area (TPSA) is 60.6 Å². The van der Waals surface area contributed by atoms with Gasteiger partial charge in [-0.25, -0.2) is 0 Å². The quantitative estimate of drug-likeness (QED) is 0.531. The molecular weight excluding hydrogens is 378 g/mol. The molecule has 1 aromatic heterocycles. The van der Waals surface area contributed by atoms with Gasteiger partial charge in [0.1, 0.15) is 12.4 Å². The number of esters is 1. The highest BCUT2D eigenvalue weighted by Crippen LogP contribution is 2.29. The van der Waals surface area contributed by atoms with Crippen molar-refractivity contribution in [2.75, 3.05) is 19.8 Å². The smallest absolute Gasteiger partial charge is 0.306 e. The fourth-order valence-electron chi connectivity index (χ4n) is 4.10. The number of rotatable bonds is 8. The van der Waals surface area contributed by atoms with E-state index >= 15 is 0 Å². The van der Waals surface area contributed by atoms with E-state index in [-0.39, 0.29) is 5.97 Å². The molecule has 1 unspecified atom stereocenters. The predicted molar refractivity (Wildman–Crippen MR) is 117 cm³/mol. The highest BCUT2D eigenvalue weighted by molar-refractivity contribution is 5.82. The molecule has 0 spiro atoms. The van der Waals surface area contributed by atoms with Gasteiger partial charge in [0.25, 0.3) is 0 Å². The lowest BCUT2D eigenvalue weighted by Crippen LogP contribution is -2.05. The number of fused-ring (bicyclic) bond motifs is 1. The van der Waals surface area contributed by atoms with Crippen LogP contribution >= 0.6 is 0 Å². The number of aromatic amines is 1. The summed E-state index contributed by atoms with van der Waals surface area (Å²) in [5.74, 6) is 1.19. The second-order valence-electron chi connectivity index (χ2n) is 7.89. The standard InChI is InChI=1S/C25H29NO4/c1-3-29-25(27)9-5-21-13-20-14-22(6-8-24(20)26-21)30-15-18-4-7-23(17(2)12-18)19-10-11-28-16-19/h4,6-8,12-14,19,26H,3,5,9-11,15-16H2,1-2H3. The Balaban J connectivity index is 1.38. The number of hydrogen-bond donors (Lipinski definition) is 1. The predicted octanol–water partition coefficient (Wildman–Crippen LogP) is 5.05. The summed E-state index contributed by atoms with van der Waals surface area (Å²) in [5, 5.41) is 1.08. The Hall–Kier alpha value is -2.79. The first-order valence-electron chi connectivity index (χ1n) is 10.7. The summed E-state index contributed by atoms with van der Waals surface area (Å²) in [6.07, 6.45) is 2.13. The van der Waals surface area contributed by atoms with E-state index in [0.717, 1.165) is 42.0 Å². The van der Waals surface area contributed by atoms with Crippen LogP contribution in [-0.4, -0.2) is 30.8 Å². The Morgan fingerprint density at radius 1 is 1.20 bits per heavy atom. The minimum Gasteiger partial charge on any atom is -0.489 e. The SMILES string of the molecule is CCOC(=O)CCc1cc2cc(OCc3ccc(C4CCOC4)c(C)c3)ccc2[nH]1. The average Bonchev–Trinajstić information content (AvgIpc) is 3.40. The fourth-order valence-corrected chi connectivity index (χ4v) is 4.10. The Bertz CT molecular complexity index is 1020. The summed E-state index contributed by atoms with van der Waals surface area (Å²) in [6.45, 7) is 6.64. The summed E-state index contributed by atoms with van der Waals surface area (Å²) < 4.78 is 16.6. The number of aromatic nitrogens is 1. The third-order valence-corrected chi connectivity index (χ3v) is 5.66. The van der Waals surface area contributed by atoms with Crippen LogP contribution in [0.15, 0.2) is 42.5 Å². The van der Waals surface area contributed by atoms with E-state index in [1.807, 2.05) is 25.1 Å². The maximum atomic E-state index is 11.6. The molecule has 3 aromatic rings. The zero-order valence-corrected chi connectivity index (χ0v) is 17.7. The first-order valence-corrected chi connectivity index (χ1v) is 10.7. The number of ether oxygens (including phenoxy) is 3. The van der Waals surface area contributed by atoms with Crippen LogP contribution in [0.5, 0.6) is 5.75 Å². The maximum absolute atomic E-state index is 11.6. The normalized spacial score (nSPS) is 16.1. The van der Waals surface area contributed by atoms with Crippen LogP contribution in [0.4, 0.5) is 0 Å². The Labute approximate surface area is 177 Å². The van der Waals surface area contributed by atoms with E-state index in [9.17, 15) is 4.79 Å². The summed E-state index contributed by atoms with van der Waals surface area (Å²) in [4.78, 5) is 14.9. The molecule has 5 nitrogen and oxygen atoms in total. The van der Waals surface area contributed by atoms with Crippen molar-refractivity contribution in [3.8, 4) is 5.75 Å². The zero-order valence-electron chi connectivity index (χ0n) is 17.7. The minimum absolute atomic E-state index is 0.165. The van der Waals surface area contributed by atoms with Gasteiger partial charge in [0, 0.05) is 29.1 Å². The molecule has 2 aromatic carbocycles. The van der Waals surface area contributed by atoms with Crippen molar-refractivity contribution in [1.82, 2.24) is 4.98 Å². The lowest BCUT2D eigenvalue weighted by molar-refractivity contribution is -0.143. The average molecular weight is 408 g/mol. The lowest BCUT2D eigenvalue weighted by atomic mass is 9.93. The van der Waals surface area contributed by atoms with Gasteiger partial charge in [-0.1, -0.05) is 18.2 Å². The Kier molecular flexibility index (Phi) is 6.38. The molecule has 1 atom stereocenters. The molecule has 158 valence electrons. The van der Waals surface area contributed by atoms with Crippen LogP contribution in [0.1, 0.15) is 48.1 Å². The van der Waals surface area contributed by atoms with Crippen molar-refractivity contribution < 1.29 is 19.0 Å². The molecular formula is C25H29NO4. The summed E-state index contributed by atoms with van der Waals surface area (Å²) in [5.41, 5.74) is 5.93. The number of carbonyl (C=O) groups is 1. The van der Waals surface area contributed by atoms with Crippen LogP contribution in [-0.2, 0) is 27.3 Å². The zero-order chi connectivity index (χ0) is 20.9. The number of benzene rings is 2. The third kappa shape index (κ3) is 4.85. The van der Waals surface area contributed by atoms with Gasteiger partial charge in [-0.3, -0.25) is 4.79 Å². The molecule has 1 aliphatic rings. The number of hydrogen-bond acceptors (Lipinski definition) is 4. The van der Waals surface area contributed by atoms with E-state index in [1.54, 1.807) is 0 Å². The largest absolute Gasteiger partial charge is 0.489 e. The number of nitrogens with one attached hydrogen (secondary N) is 1. The van der Waals surface area contributed by atoms with Crippen LogP contribution < -0.4 is 4.74 Å². The lowest BCUT2D eigenvalue weighted by Gasteiger charge is -2.14. The van der Waals surface area contributed by atoms with Crippen molar-refractivity contribution >= 4 is 16.9 Å². The minimum atomic E-state index is -0.165. The van der Waals surface area contributed by atoms with Gasteiger partial charge in [-0.2, -0.15) is 0 Å². The van der Waals surface area contributed by atoms with Crippen molar-refractivity contribution in [2.45, 2.75) is 45.6 Å². The summed E-state index contributed by atoms with van der Waals surface area (Å²) >= 11 is 0. The molecule has 0 amide bonds. The molecule has 1 saturated heterocycles. The Morgan fingerprint density at radius 3 is 2.87 bits per heavy atom. The molecule has 4 rings (SSSR count). The highest BCUT2D eigenvalue weighted by atomic mass is 16.5. The van der Waals surface area contributed by atoms with Crippen LogP contribution in [0.25, 0.3) is 10.9 Å². The second-order valence-corrected chi connectivity index (χ2v) is 7.89. The van der Waals surface area contributed by atoms with Crippen molar-refractivity contribution in [2.24, 2.45) is 0 Å². The highest BCUT2D eigenvalue weighted by Gasteiger charge is 2.19. The fraction of sp³-hybridized carbons (Fsp3) is 0.400. The van der Waals surface area contributed by atoms with Gasteiger partial charge in [-0.05, 0) is 67.6 Å². The van der Waals surface area contributed by atoms with E-state index in [2.05, 4.69) is 36.2 Å². The van der Waals surface area contributed by atoms with Crippen LogP contribution in [0.3, 0.4) is 0 Å². The van der Waals surface area contributed by atoms with E-state index in [1.165, 1.54) is 16.7 Å². The molecule has 2 heterocycles. The van der Waals surface area contributed by atoms with Crippen molar-refractivity contribution in [3.63, 3.8) is 0 Å². The molecule has 1 fully saturated rings. The van der Waals surface area contributed by atoms with Gasteiger partial charge < -0.3 is 19.2 Å². The Morgan fingerprint density at radius 2 is 2.10 bits per heavy atom. The molecule has 1 aliphatic heterocycles. The molecule has 0 aliphatic carbocycles. The maximum Gasteiger partial charge on any atom is 0.306 e. The van der Waals surface area contributed by atoms with E-state index in [0.29, 0.717) is 32.0 Å². The van der Waals surface area contributed by atoms with Gasteiger partial charge in [0.2, 0.25) is 0 Å². The van der Waals surface area contributed by atoms with Gasteiger partial charge in [0.15, 0.2) is 0 Å². The van der Waals surface area contributed by atoms with Gasteiger partial charge >= 0.3 is 5.97 Å². The number of aryl methyl sites for hydroxylation is 2. The number of H-pyrrole nitrogens is 1. The monoisotopic (exact) mass is 407 g/mol. The van der Waals surface area contributed by atoms with Gasteiger partial charge in [0.05, 0.1) is 19.6 Å². The molecule has 0 saturated carbocycles.